The van der Waals surface area contributed by atoms with Gasteiger partial charge in [-0.3, -0.25) is 0 Å². The van der Waals surface area contributed by atoms with Crippen LogP contribution in [0.15, 0.2) is 0 Å². The van der Waals surface area contributed by atoms with E-state index >= 15 is 0 Å². The lowest BCUT2D eigenvalue weighted by Crippen LogP contribution is -2.48. The normalized spacial score (nSPS) is 15.5. The number of rotatable bonds is 10. The van der Waals surface area contributed by atoms with Gasteiger partial charge in [-0.05, 0) is 39.7 Å². The van der Waals surface area contributed by atoms with Gasteiger partial charge in [0.05, 0.1) is 24.9 Å². The van der Waals surface area contributed by atoms with Crippen LogP contribution >= 0.6 is 0 Å². The van der Waals surface area contributed by atoms with Gasteiger partial charge >= 0.3 is 0 Å². The van der Waals surface area contributed by atoms with Crippen LogP contribution in [-0.4, -0.2) is 38.0 Å². The first kappa shape index (κ1) is 16.9. The molecular formula is C14H31NO2. The molecule has 3 heteroatoms. The van der Waals surface area contributed by atoms with Crippen LogP contribution in [0.25, 0.3) is 0 Å². The van der Waals surface area contributed by atoms with Gasteiger partial charge in [0, 0.05) is 6.61 Å². The summed E-state index contributed by atoms with van der Waals surface area (Å²) < 4.78 is 11.6. The van der Waals surface area contributed by atoms with Gasteiger partial charge in [0.1, 0.15) is 0 Å². The molecule has 3 nitrogen and oxygen atoms in total. The molecule has 0 fully saturated rings. The molecular weight excluding hydrogens is 214 g/mol. The van der Waals surface area contributed by atoms with Gasteiger partial charge in [0.2, 0.25) is 0 Å². The minimum Gasteiger partial charge on any atom is -0.377 e. The van der Waals surface area contributed by atoms with Crippen LogP contribution in [0.2, 0.25) is 0 Å². The van der Waals surface area contributed by atoms with Crippen molar-refractivity contribution in [3.63, 3.8) is 0 Å². The standard InChI is InChI=1S/C14H31NO2/c1-7-9-15-13(10-17-12(5)6)14(11(3)4)16-8-2/h11-15H,7-10H2,1-6H3. The van der Waals surface area contributed by atoms with Crippen LogP contribution in [0.3, 0.4) is 0 Å². The van der Waals surface area contributed by atoms with Crippen molar-refractivity contribution in [2.24, 2.45) is 5.92 Å². The molecule has 1 N–H and O–H groups in total. The van der Waals surface area contributed by atoms with Crippen molar-refractivity contribution < 1.29 is 9.47 Å². The lowest BCUT2D eigenvalue weighted by atomic mass is 9.99. The fourth-order valence-corrected chi connectivity index (χ4v) is 1.86. The number of hydrogen-bond acceptors (Lipinski definition) is 3. The van der Waals surface area contributed by atoms with E-state index in [1.54, 1.807) is 0 Å². The maximum Gasteiger partial charge on any atom is 0.0773 e. The van der Waals surface area contributed by atoms with E-state index in [0.717, 1.165) is 26.2 Å². The van der Waals surface area contributed by atoms with E-state index in [2.05, 4.69) is 46.9 Å². The SMILES string of the molecule is CCCNC(COC(C)C)C(OCC)C(C)C. The predicted octanol–water partition coefficient (Wildman–Crippen LogP) is 2.84. The van der Waals surface area contributed by atoms with Gasteiger partial charge < -0.3 is 14.8 Å². The average Bonchev–Trinajstić information content (AvgIpc) is 2.26. The van der Waals surface area contributed by atoms with E-state index in [4.69, 9.17) is 9.47 Å². The fourth-order valence-electron chi connectivity index (χ4n) is 1.86. The zero-order chi connectivity index (χ0) is 13.3. The lowest BCUT2D eigenvalue weighted by molar-refractivity contribution is -0.0337. The number of nitrogens with one attached hydrogen (secondary N) is 1. The third-order valence-electron chi connectivity index (χ3n) is 2.68. The van der Waals surface area contributed by atoms with Crippen LogP contribution in [0, 0.1) is 5.92 Å². The van der Waals surface area contributed by atoms with Crippen molar-refractivity contribution in [2.75, 3.05) is 19.8 Å². The van der Waals surface area contributed by atoms with Crippen LogP contribution in [0.5, 0.6) is 0 Å². The maximum atomic E-state index is 5.85. The van der Waals surface area contributed by atoms with Crippen molar-refractivity contribution in [1.82, 2.24) is 5.32 Å². The van der Waals surface area contributed by atoms with Crippen LogP contribution in [-0.2, 0) is 9.47 Å². The van der Waals surface area contributed by atoms with Crippen molar-refractivity contribution in [2.45, 2.75) is 66.2 Å². The number of ether oxygens (including phenoxy) is 2. The third-order valence-corrected chi connectivity index (χ3v) is 2.68. The smallest absolute Gasteiger partial charge is 0.0773 e. The highest BCUT2D eigenvalue weighted by Crippen LogP contribution is 2.12. The molecule has 104 valence electrons. The fraction of sp³-hybridized carbons (Fsp3) is 1.00. The first-order chi connectivity index (χ1) is 8.02. The molecule has 0 aromatic carbocycles. The predicted molar refractivity (Wildman–Crippen MR) is 73.4 cm³/mol. The zero-order valence-corrected chi connectivity index (χ0v) is 12.5. The summed E-state index contributed by atoms with van der Waals surface area (Å²) in [4.78, 5) is 0. The Bertz CT molecular complexity index is 172. The van der Waals surface area contributed by atoms with E-state index in [1.165, 1.54) is 0 Å². The Morgan fingerprint density at radius 2 is 1.65 bits per heavy atom. The van der Waals surface area contributed by atoms with Crippen molar-refractivity contribution >= 4 is 0 Å². The molecule has 0 heterocycles. The molecule has 2 atom stereocenters. The molecule has 0 rings (SSSR count). The molecule has 0 amide bonds. The van der Waals surface area contributed by atoms with Crippen molar-refractivity contribution in [3.8, 4) is 0 Å². The molecule has 0 aliphatic carbocycles. The molecule has 17 heavy (non-hydrogen) atoms. The molecule has 2 unspecified atom stereocenters. The summed E-state index contributed by atoms with van der Waals surface area (Å²) in [6.07, 6.45) is 1.63. The molecule has 0 saturated heterocycles. The van der Waals surface area contributed by atoms with Crippen molar-refractivity contribution in [1.29, 1.82) is 0 Å². The lowest BCUT2D eigenvalue weighted by Gasteiger charge is -2.31. The molecule has 0 aromatic heterocycles. The quantitative estimate of drug-likeness (QED) is 0.642. The molecule has 0 aliphatic heterocycles. The Morgan fingerprint density at radius 3 is 2.06 bits per heavy atom. The Kier molecular flexibility index (Phi) is 9.79. The van der Waals surface area contributed by atoms with Gasteiger partial charge in [-0.2, -0.15) is 0 Å². The third kappa shape index (κ3) is 7.74. The van der Waals surface area contributed by atoms with Gasteiger partial charge in [-0.15, -0.1) is 0 Å². The highest BCUT2D eigenvalue weighted by molar-refractivity contribution is 4.79. The summed E-state index contributed by atoms with van der Waals surface area (Å²) in [5, 5.41) is 3.54. The average molecular weight is 245 g/mol. The molecule has 0 bridgehead atoms. The maximum absolute atomic E-state index is 5.85. The van der Waals surface area contributed by atoms with Gasteiger partial charge in [-0.1, -0.05) is 20.8 Å². The van der Waals surface area contributed by atoms with Gasteiger partial charge in [-0.25, -0.2) is 0 Å². The van der Waals surface area contributed by atoms with E-state index < -0.39 is 0 Å². The highest BCUT2D eigenvalue weighted by Gasteiger charge is 2.24. The Balaban J connectivity index is 4.37. The summed E-state index contributed by atoms with van der Waals surface area (Å²) in [5.41, 5.74) is 0. The molecule has 0 saturated carbocycles. The summed E-state index contributed by atoms with van der Waals surface area (Å²) in [6.45, 7) is 15.3. The monoisotopic (exact) mass is 245 g/mol. The topological polar surface area (TPSA) is 30.5 Å². The van der Waals surface area contributed by atoms with E-state index in [9.17, 15) is 0 Å². The first-order valence-corrected chi connectivity index (χ1v) is 6.99. The largest absolute Gasteiger partial charge is 0.377 e. The molecule has 0 aromatic rings. The van der Waals surface area contributed by atoms with E-state index in [0.29, 0.717) is 5.92 Å². The summed E-state index contributed by atoms with van der Waals surface area (Å²) >= 11 is 0. The zero-order valence-electron chi connectivity index (χ0n) is 12.5. The van der Waals surface area contributed by atoms with Crippen molar-refractivity contribution in [3.05, 3.63) is 0 Å². The number of hydrogen-bond donors (Lipinski definition) is 1. The van der Waals surface area contributed by atoms with Gasteiger partial charge in [0.15, 0.2) is 0 Å². The first-order valence-electron chi connectivity index (χ1n) is 6.99. The van der Waals surface area contributed by atoms with Crippen LogP contribution in [0.1, 0.15) is 48.0 Å². The molecule has 0 radical (unpaired) electrons. The van der Waals surface area contributed by atoms with E-state index in [-0.39, 0.29) is 18.2 Å². The van der Waals surface area contributed by atoms with Crippen LogP contribution in [0.4, 0.5) is 0 Å². The Labute approximate surface area is 107 Å². The molecule has 0 aliphatic rings. The second-order valence-corrected chi connectivity index (χ2v) is 5.11. The highest BCUT2D eigenvalue weighted by atomic mass is 16.5. The Morgan fingerprint density at radius 1 is 1.00 bits per heavy atom. The molecule has 0 spiro atoms. The summed E-state index contributed by atoms with van der Waals surface area (Å²) in [5.74, 6) is 0.500. The summed E-state index contributed by atoms with van der Waals surface area (Å²) in [7, 11) is 0. The Hall–Kier alpha value is -0.120. The minimum atomic E-state index is 0.227. The second kappa shape index (κ2) is 9.86. The van der Waals surface area contributed by atoms with Gasteiger partial charge in [0.25, 0.3) is 0 Å². The summed E-state index contributed by atoms with van der Waals surface area (Å²) in [6, 6.07) is 0.289. The minimum absolute atomic E-state index is 0.227. The second-order valence-electron chi connectivity index (χ2n) is 5.11. The van der Waals surface area contributed by atoms with Crippen LogP contribution < -0.4 is 5.32 Å². The van der Waals surface area contributed by atoms with E-state index in [1.807, 2.05) is 0 Å².